The molecule has 0 unspecified atom stereocenters. The highest BCUT2D eigenvalue weighted by Crippen LogP contribution is 2.28. The van der Waals surface area contributed by atoms with Crippen molar-refractivity contribution in [1.29, 1.82) is 0 Å². The number of amides is 1. The molecular formula is C21H19Cl3N4OS. The first kappa shape index (κ1) is 22.7. The number of nitrogens with zero attached hydrogens (tertiary/aromatic N) is 3. The number of hydrogen-bond acceptors (Lipinski definition) is 4. The zero-order chi connectivity index (χ0) is 21.7. The SMILES string of the molecule is C=CCn1c(SCc2ccc(Cl)c(Cl)c2)nnc1[C@H](C)NC(=O)c1ccc(Cl)cc1. The van der Waals surface area contributed by atoms with E-state index in [1.807, 2.05) is 23.6 Å². The minimum absolute atomic E-state index is 0.211. The Hall–Kier alpha value is -1.99. The van der Waals surface area contributed by atoms with E-state index >= 15 is 0 Å². The normalized spacial score (nSPS) is 11.9. The number of nitrogens with one attached hydrogen (secondary N) is 1. The summed E-state index contributed by atoms with van der Waals surface area (Å²) in [5.41, 5.74) is 1.54. The van der Waals surface area contributed by atoms with Crippen molar-refractivity contribution in [3.05, 3.63) is 87.1 Å². The second-order valence-electron chi connectivity index (χ2n) is 6.48. The van der Waals surface area contributed by atoms with E-state index in [2.05, 4.69) is 22.1 Å². The molecule has 3 aromatic rings. The smallest absolute Gasteiger partial charge is 0.251 e. The van der Waals surface area contributed by atoms with Crippen molar-refractivity contribution in [2.24, 2.45) is 0 Å². The molecule has 0 radical (unpaired) electrons. The number of carbonyl (C=O) groups excluding carboxylic acids is 1. The highest BCUT2D eigenvalue weighted by atomic mass is 35.5. The molecule has 0 aliphatic rings. The van der Waals surface area contributed by atoms with Crippen LogP contribution in [0.1, 0.15) is 34.7 Å². The molecule has 1 atom stereocenters. The molecule has 0 spiro atoms. The lowest BCUT2D eigenvalue weighted by Crippen LogP contribution is -2.28. The van der Waals surface area contributed by atoms with E-state index in [0.29, 0.717) is 38.8 Å². The van der Waals surface area contributed by atoms with Crippen molar-refractivity contribution in [3.8, 4) is 0 Å². The number of aromatic nitrogens is 3. The van der Waals surface area contributed by atoms with E-state index in [1.54, 1.807) is 36.4 Å². The third-order valence-corrected chi connectivity index (χ3v) is 6.28. The van der Waals surface area contributed by atoms with Crippen molar-refractivity contribution in [3.63, 3.8) is 0 Å². The first-order chi connectivity index (χ1) is 14.4. The molecule has 0 fully saturated rings. The molecule has 1 N–H and O–H groups in total. The van der Waals surface area contributed by atoms with Gasteiger partial charge in [-0.1, -0.05) is 58.7 Å². The molecule has 1 heterocycles. The number of allylic oxidation sites excluding steroid dienone is 1. The van der Waals surface area contributed by atoms with Crippen LogP contribution < -0.4 is 5.32 Å². The fourth-order valence-electron chi connectivity index (χ4n) is 2.75. The Morgan fingerprint density at radius 1 is 1.17 bits per heavy atom. The summed E-state index contributed by atoms with van der Waals surface area (Å²) in [5.74, 6) is 1.09. The summed E-state index contributed by atoms with van der Waals surface area (Å²) in [4.78, 5) is 12.5. The van der Waals surface area contributed by atoms with Gasteiger partial charge in [-0.2, -0.15) is 0 Å². The molecule has 0 aliphatic heterocycles. The Bertz CT molecular complexity index is 1050. The van der Waals surface area contributed by atoms with Crippen LogP contribution >= 0.6 is 46.6 Å². The van der Waals surface area contributed by atoms with Gasteiger partial charge in [-0.25, -0.2) is 0 Å². The van der Waals surface area contributed by atoms with E-state index < -0.39 is 0 Å². The van der Waals surface area contributed by atoms with Crippen LogP contribution in [-0.2, 0) is 12.3 Å². The van der Waals surface area contributed by atoms with E-state index in [9.17, 15) is 4.79 Å². The quantitative estimate of drug-likeness (QED) is 0.307. The Morgan fingerprint density at radius 3 is 2.57 bits per heavy atom. The number of benzene rings is 2. The van der Waals surface area contributed by atoms with Gasteiger partial charge >= 0.3 is 0 Å². The number of hydrogen-bond donors (Lipinski definition) is 1. The second kappa shape index (κ2) is 10.4. The molecular weight excluding hydrogens is 463 g/mol. The van der Waals surface area contributed by atoms with Gasteiger partial charge in [0, 0.05) is 22.9 Å². The van der Waals surface area contributed by atoms with E-state index in [-0.39, 0.29) is 11.9 Å². The molecule has 0 aliphatic carbocycles. The van der Waals surface area contributed by atoms with Gasteiger partial charge in [-0.3, -0.25) is 4.79 Å². The fourth-order valence-corrected chi connectivity index (χ4v) is 4.10. The molecule has 0 saturated heterocycles. The van der Waals surface area contributed by atoms with Crippen LogP contribution in [0.5, 0.6) is 0 Å². The van der Waals surface area contributed by atoms with Gasteiger partial charge in [0.2, 0.25) is 0 Å². The Balaban J connectivity index is 1.73. The minimum Gasteiger partial charge on any atom is -0.342 e. The fraction of sp³-hybridized carbons (Fsp3) is 0.190. The maximum atomic E-state index is 12.5. The van der Waals surface area contributed by atoms with Gasteiger partial charge in [0.1, 0.15) is 0 Å². The van der Waals surface area contributed by atoms with Crippen LogP contribution in [0.3, 0.4) is 0 Å². The van der Waals surface area contributed by atoms with Crippen molar-refractivity contribution in [1.82, 2.24) is 20.1 Å². The van der Waals surface area contributed by atoms with E-state index in [0.717, 1.165) is 10.7 Å². The number of halogens is 3. The summed E-state index contributed by atoms with van der Waals surface area (Å²) in [6.07, 6.45) is 1.77. The van der Waals surface area contributed by atoms with Gasteiger partial charge in [0.05, 0.1) is 16.1 Å². The molecule has 0 saturated carbocycles. The molecule has 1 aromatic heterocycles. The minimum atomic E-state index is -0.347. The monoisotopic (exact) mass is 480 g/mol. The van der Waals surface area contributed by atoms with Crippen LogP contribution in [0.15, 0.2) is 60.3 Å². The standard InChI is InChI=1S/C21H19Cl3N4OS/c1-3-10-28-19(13(2)25-20(29)15-5-7-16(22)8-6-15)26-27-21(28)30-12-14-4-9-17(23)18(24)11-14/h3-9,11,13H,1,10,12H2,2H3,(H,25,29)/t13-/m0/s1. The summed E-state index contributed by atoms with van der Waals surface area (Å²) in [6.45, 7) is 6.20. The van der Waals surface area contributed by atoms with Crippen molar-refractivity contribution in [2.45, 2.75) is 30.4 Å². The van der Waals surface area contributed by atoms with Gasteiger partial charge in [0.15, 0.2) is 11.0 Å². The van der Waals surface area contributed by atoms with E-state index in [4.69, 9.17) is 34.8 Å². The van der Waals surface area contributed by atoms with Gasteiger partial charge < -0.3 is 9.88 Å². The Labute approximate surface area is 194 Å². The molecule has 2 aromatic carbocycles. The zero-order valence-electron chi connectivity index (χ0n) is 16.1. The predicted octanol–water partition coefficient (Wildman–Crippen LogP) is 6.21. The largest absolute Gasteiger partial charge is 0.342 e. The first-order valence-corrected chi connectivity index (χ1v) is 11.2. The number of rotatable bonds is 8. The third-order valence-electron chi connectivity index (χ3n) is 4.25. The molecule has 30 heavy (non-hydrogen) atoms. The van der Waals surface area contributed by atoms with Gasteiger partial charge in [-0.05, 0) is 48.9 Å². The Morgan fingerprint density at radius 2 is 1.90 bits per heavy atom. The van der Waals surface area contributed by atoms with Crippen LogP contribution in [0.25, 0.3) is 0 Å². The topological polar surface area (TPSA) is 59.8 Å². The second-order valence-corrected chi connectivity index (χ2v) is 8.67. The van der Waals surface area contributed by atoms with Crippen molar-refractivity contribution in [2.75, 3.05) is 0 Å². The van der Waals surface area contributed by atoms with Crippen LogP contribution in [-0.4, -0.2) is 20.7 Å². The average Bonchev–Trinajstić information content (AvgIpc) is 3.12. The lowest BCUT2D eigenvalue weighted by atomic mass is 10.2. The van der Waals surface area contributed by atoms with Crippen LogP contribution in [0, 0.1) is 0 Å². The molecule has 0 bridgehead atoms. The van der Waals surface area contributed by atoms with Crippen molar-refractivity contribution < 1.29 is 4.79 Å². The lowest BCUT2D eigenvalue weighted by molar-refractivity contribution is 0.0937. The Kier molecular flexibility index (Phi) is 7.83. The number of carbonyl (C=O) groups is 1. The van der Waals surface area contributed by atoms with Gasteiger partial charge in [0.25, 0.3) is 5.91 Å². The van der Waals surface area contributed by atoms with Crippen LogP contribution in [0.2, 0.25) is 15.1 Å². The summed E-state index contributed by atoms with van der Waals surface area (Å²) in [5, 5.41) is 13.9. The average molecular weight is 482 g/mol. The summed E-state index contributed by atoms with van der Waals surface area (Å²) < 4.78 is 1.93. The molecule has 3 rings (SSSR count). The molecule has 156 valence electrons. The molecule has 1 amide bonds. The maximum Gasteiger partial charge on any atom is 0.251 e. The van der Waals surface area contributed by atoms with Gasteiger partial charge in [-0.15, -0.1) is 16.8 Å². The highest BCUT2D eigenvalue weighted by molar-refractivity contribution is 7.98. The summed E-state index contributed by atoms with van der Waals surface area (Å²) in [7, 11) is 0. The molecule has 9 heteroatoms. The molecule has 5 nitrogen and oxygen atoms in total. The highest BCUT2D eigenvalue weighted by Gasteiger charge is 2.20. The van der Waals surface area contributed by atoms with Crippen molar-refractivity contribution >= 4 is 52.5 Å². The summed E-state index contributed by atoms with van der Waals surface area (Å²) in [6, 6.07) is 11.9. The lowest BCUT2D eigenvalue weighted by Gasteiger charge is -2.15. The first-order valence-electron chi connectivity index (χ1n) is 9.06. The zero-order valence-corrected chi connectivity index (χ0v) is 19.2. The number of thioether (sulfide) groups is 1. The third kappa shape index (κ3) is 5.58. The predicted molar refractivity (Wildman–Crippen MR) is 124 cm³/mol. The summed E-state index contributed by atoms with van der Waals surface area (Å²) >= 11 is 19.5. The van der Waals surface area contributed by atoms with E-state index in [1.165, 1.54) is 11.8 Å². The van der Waals surface area contributed by atoms with Crippen LogP contribution in [0.4, 0.5) is 0 Å². The maximum absolute atomic E-state index is 12.5.